The lowest BCUT2D eigenvalue weighted by atomic mass is 10.3. The smallest absolute Gasteiger partial charge is 0.347 e. The highest BCUT2D eigenvalue weighted by Crippen LogP contribution is 2.48. The zero-order valence-corrected chi connectivity index (χ0v) is 15.4. The Hall–Kier alpha value is -1.84. The first kappa shape index (κ1) is 21.2. The molecule has 1 rings (SSSR count). The van der Waals surface area contributed by atoms with Gasteiger partial charge in [0, 0.05) is 13.5 Å². The number of esters is 1. The first-order chi connectivity index (χ1) is 11.8. The Labute approximate surface area is 148 Å². The Kier molecular flexibility index (Phi) is 8.67. The molecule has 8 heteroatoms. The van der Waals surface area contributed by atoms with Crippen molar-refractivity contribution in [2.75, 3.05) is 13.7 Å². The fourth-order valence-corrected chi connectivity index (χ4v) is 3.75. The molecule has 0 aliphatic carbocycles. The van der Waals surface area contributed by atoms with Crippen LogP contribution in [0.25, 0.3) is 0 Å². The van der Waals surface area contributed by atoms with E-state index < -0.39 is 32.0 Å². The fraction of sp³-hybridized carbons (Fsp3) is 0.471. The van der Waals surface area contributed by atoms with Gasteiger partial charge in [0.05, 0.1) is 6.10 Å². The van der Waals surface area contributed by atoms with Crippen LogP contribution in [0.2, 0.25) is 0 Å². The van der Waals surface area contributed by atoms with Gasteiger partial charge in [0.15, 0.2) is 5.85 Å². The summed E-state index contributed by atoms with van der Waals surface area (Å²) in [5.41, 5.74) is 0. The molecule has 0 aromatic heterocycles. The molecular weight excluding hydrogens is 345 g/mol. The lowest BCUT2D eigenvalue weighted by Crippen LogP contribution is -2.37. The SMILES string of the molecule is C#CCC(OC)C(O)P(=O)(NCC(=O)OC(C)C)Oc1ccccc1. The molecule has 7 nitrogen and oxygen atoms in total. The summed E-state index contributed by atoms with van der Waals surface area (Å²) in [6.45, 7) is 2.99. The van der Waals surface area contributed by atoms with E-state index in [0.717, 1.165) is 0 Å². The normalized spacial score (nSPS) is 15.7. The second kappa shape index (κ2) is 10.2. The number of carbonyl (C=O) groups excluding carboxylic acids is 1. The van der Waals surface area contributed by atoms with Crippen LogP contribution < -0.4 is 9.61 Å². The van der Waals surface area contributed by atoms with Gasteiger partial charge in [0.2, 0.25) is 0 Å². The Balaban J connectivity index is 2.98. The minimum atomic E-state index is -3.95. The van der Waals surface area contributed by atoms with E-state index in [2.05, 4.69) is 11.0 Å². The van der Waals surface area contributed by atoms with Crippen LogP contribution in [0.5, 0.6) is 5.75 Å². The summed E-state index contributed by atoms with van der Waals surface area (Å²) in [5.74, 6) is 0.425. The number of nitrogens with one attached hydrogen (secondary N) is 1. The van der Waals surface area contributed by atoms with Crippen LogP contribution in [0, 0.1) is 12.3 Å². The fourth-order valence-electron chi connectivity index (χ4n) is 1.94. The predicted molar refractivity (Wildman–Crippen MR) is 94.2 cm³/mol. The van der Waals surface area contributed by atoms with Crippen molar-refractivity contribution in [3.63, 3.8) is 0 Å². The molecule has 0 fully saturated rings. The van der Waals surface area contributed by atoms with Crippen LogP contribution in [-0.2, 0) is 18.8 Å². The Bertz CT molecular complexity index is 628. The molecule has 1 aromatic rings. The number of hydrogen-bond acceptors (Lipinski definition) is 6. The van der Waals surface area contributed by atoms with E-state index in [9.17, 15) is 14.5 Å². The average Bonchev–Trinajstić information content (AvgIpc) is 2.57. The highest BCUT2D eigenvalue weighted by atomic mass is 31.2. The van der Waals surface area contributed by atoms with Crippen LogP contribution in [0.4, 0.5) is 0 Å². The standard InChI is InChI=1S/C17H24NO6P/c1-5-9-15(22-4)17(20)25(21,18-12-16(19)23-13(2)3)24-14-10-7-6-8-11-14/h1,6-8,10-11,13,15,17,20H,9,12H2,2-4H3,(H,18,21). The van der Waals surface area contributed by atoms with Crippen molar-refractivity contribution in [3.05, 3.63) is 30.3 Å². The average molecular weight is 369 g/mol. The van der Waals surface area contributed by atoms with Gasteiger partial charge in [-0.3, -0.25) is 9.36 Å². The molecule has 2 N–H and O–H groups in total. The van der Waals surface area contributed by atoms with Gasteiger partial charge in [-0.2, -0.15) is 0 Å². The third-order valence-corrected chi connectivity index (χ3v) is 5.21. The molecule has 3 unspecified atom stereocenters. The van der Waals surface area contributed by atoms with E-state index >= 15 is 0 Å². The van der Waals surface area contributed by atoms with E-state index in [1.165, 1.54) is 7.11 Å². The number of para-hydroxylation sites is 1. The lowest BCUT2D eigenvalue weighted by molar-refractivity contribution is -0.145. The van der Waals surface area contributed by atoms with E-state index in [0.29, 0.717) is 0 Å². The first-order valence-corrected chi connectivity index (χ1v) is 9.45. The van der Waals surface area contributed by atoms with Crippen molar-refractivity contribution >= 4 is 13.5 Å². The van der Waals surface area contributed by atoms with E-state index in [1.807, 2.05) is 0 Å². The molecule has 0 amide bonds. The molecule has 0 saturated heterocycles. The van der Waals surface area contributed by atoms with Crippen molar-refractivity contribution in [2.24, 2.45) is 0 Å². The van der Waals surface area contributed by atoms with E-state index in [1.54, 1.807) is 44.2 Å². The molecule has 0 spiro atoms. The number of carbonyl (C=O) groups is 1. The van der Waals surface area contributed by atoms with Gasteiger partial charge in [-0.05, 0) is 26.0 Å². The highest BCUT2D eigenvalue weighted by molar-refractivity contribution is 7.57. The predicted octanol–water partition coefficient (Wildman–Crippen LogP) is 2.16. The molecule has 0 aliphatic heterocycles. The van der Waals surface area contributed by atoms with Gasteiger partial charge in [0.25, 0.3) is 0 Å². The summed E-state index contributed by atoms with van der Waals surface area (Å²) >= 11 is 0. The summed E-state index contributed by atoms with van der Waals surface area (Å²) in [6, 6.07) is 8.30. The van der Waals surface area contributed by atoms with Crippen molar-refractivity contribution in [1.29, 1.82) is 0 Å². The van der Waals surface area contributed by atoms with Crippen LogP contribution in [0.3, 0.4) is 0 Å². The number of benzene rings is 1. The summed E-state index contributed by atoms with van der Waals surface area (Å²) < 4.78 is 28.8. The van der Waals surface area contributed by atoms with Crippen LogP contribution in [-0.4, -0.2) is 42.8 Å². The van der Waals surface area contributed by atoms with Gasteiger partial charge in [0.1, 0.15) is 18.4 Å². The Morgan fingerprint density at radius 2 is 2.00 bits per heavy atom. The molecule has 138 valence electrons. The third-order valence-electron chi connectivity index (χ3n) is 3.10. The summed E-state index contributed by atoms with van der Waals surface area (Å²) in [7, 11) is -2.61. The highest BCUT2D eigenvalue weighted by Gasteiger charge is 2.40. The molecule has 0 radical (unpaired) electrons. The summed E-state index contributed by atoms with van der Waals surface area (Å²) in [5, 5.41) is 13.0. The number of terminal acetylenes is 1. The summed E-state index contributed by atoms with van der Waals surface area (Å²) in [6.07, 6.45) is 4.03. The van der Waals surface area contributed by atoms with Crippen LogP contribution in [0.1, 0.15) is 20.3 Å². The van der Waals surface area contributed by atoms with E-state index in [-0.39, 0.29) is 18.3 Å². The van der Waals surface area contributed by atoms with Crippen molar-refractivity contribution in [3.8, 4) is 18.1 Å². The maximum Gasteiger partial charge on any atom is 0.347 e. The Morgan fingerprint density at radius 1 is 1.36 bits per heavy atom. The maximum atomic E-state index is 13.2. The summed E-state index contributed by atoms with van der Waals surface area (Å²) in [4.78, 5) is 11.7. The molecule has 25 heavy (non-hydrogen) atoms. The van der Waals surface area contributed by atoms with Gasteiger partial charge in [-0.1, -0.05) is 18.2 Å². The van der Waals surface area contributed by atoms with Gasteiger partial charge in [-0.25, -0.2) is 5.09 Å². The number of aliphatic hydroxyl groups is 1. The number of methoxy groups -OCH3 is 1. The van der Waals surface area contributed by atoms with Crippen molar-refractivity contribution < 1.29 is 28.5 Å². The largest absolute Gasteiger partial charge is 0.462 e. The molecule has 3 atom stereocenters. The topological polar surface area (TPSA) is 94.1 Å². The lowest BCUT2D eigenvalue weighted by Gasteiger charge is -2.28. The van der Waals surface area contributed by atoms with Crippen LogP contribution in [0.15, 0.2) is 30.3 Å². The minimum Gasteiger partial charge on any atom is -0.462 e. The molecule has 1 aromatic carbocycles. The van der Waals surface area contributed by atoms with Crippen molar-refractivity contribution in [1.82, 2.24) is 5.09 Å². The van der Waals surface area contributed by atoms with Gasteiger partial charge in [-0.15, -0.1) is 12.3 Å². The number of ether oxygens (including phenoxy) is 2. The zero-order valence-electron chi connectivity index (χ0n) is 14.5. The molecule has 0 bridgehead atoms. The quantitative estimate of drug-likeness (QED) is 0.371. The second-order valence-corrected chi connectivity index (χ2v) is 7.69. The van der Waals surface area contributed by atoms with Gasteiger partial charge >= 0.3 is 13.5 Å². The number of aliphatic hydroxyl groups excluding tert-OH is 1. The molecule has 0 saturated carbocycles. The number of hydrogen-bond donors (Lipinski definition) is 2. The van der Waals surface area contributed by atoms with Crippen molar-refractivity contribution in [2.45, 2.75) is 38.3 Å². The second-order valence-electron chi connectivity index (χ2n) is 5.47. The maximum absolute atomic E-state index is 13.2. The van der Waals surface area contributed by atoms with E-state index in [4.69, 9.17) is 20.4 Å². The Morgan fingerprint density at radius 3 is 2.52 bits per heavy atom. The monoisotopic (exact) mass is 369 g/mol. The minimum absolute atomic E-state index is 0.0257. The zero-order chi connectivity index (χ0) is 18.9. The molecule has 0 aliphatic rings. The third kappa shape index (κ3) is 6.89. The van der Waals surface area contributed by atoms with Gasteiger partial charge < -0.3 is 19.1 Å². The molecule has 0 heterocycles. The van der Waals surface area contributed by atoms with Crippen LogP contribution >= 0.6 is 7.52 Å². The molecular formula is C17H24NO6P. The number of rotatable bonds is 10. The first-order valence-electron chi connectivity index (χ1n) is 7.75.